The maximum atomic E-state index is 3.83. The molecule has 2 atom stereocenters. The molecule has 0 bridgehead atoms. The summed E-state index contributed by atoms with van der Waals surface area (Å²) in [4.78, 5) is 0. The third-order valence-corrected chi connectivity index (χ3v) is 3.64. The van der Waals surface area contributed by atoms with Gasteiger partial charge >= 0.3 is 0 Å². The van der Waals surface area contributed by atoms with Crippen LogP contribution < -0.4 is 5.32 Å². The second-order valence-electron chi connectivity index (χ2n) is 4.89. The Morgan fingerprint density at radius 2 is 1.92 bits per heavy atom. The molecular formula is C12H23N. The van der Waals surface area contributed by atoms with Crippen molar-refractivity contribution in [1.82, 2.24) is 5.32 Å². The zero-order valence-corrected chi connectivity index (χ0v) is 8.89. The molecule has 2 aliphatic carbocycles. The number of hydrogen-bond acceptors (Lipinski definition) is 1. The highest BCUT2D eigenvalue weighted by Crippen LogP contribution is 2.35. The second-order valence-corrected chi connectivity index (χ2v) is 4.89. The Balaban J connectivity index is 1.62. The molecule has 2 unspecified atom stereocenters. The molecule has 0 amide bonds. The Morgan fingerprint density at radius 3 is 2.62 bits per heavy atom. The number of nitrogens with one attached hydrogen (secondary N) is 1. The van der Waals surface area contributed by atoms with Crippen LogP contribution >= 0.6 is 0 Å². The Hall–Kier alpha value is -0.0400. The van der Waals surface area contributed by atoms with E-state index in [1.54, 1.807) is 0 Å². The van der Waals surface area contributed by atoms with Gasteiger partial charge in [-0.05, 0) is 31.6 Å². The van der Waals surface area contributed by atoms with Gasteiger partial charge in [0.25, 0.3) is 0 Å². The van der Waals surface area contributed by atoms with Crippen LogP contribution in [-0.2, 0) is 0 Å². The predicted octanol–water partition coefficient (Wildman–Crippen LogP) is 3.10. The van der Waals surface area contributed by atoms with Crippen molar-refractivity contribution in [1.29, 1.82) is 0 Å². The quantitative estimate of drug-likeness (QED) is 0.702. The van der Waals surface area contributed by atoms with Crippen LogP contribution in [0.25, 0.3) is 0 Å². The molecule has 0 heterocycles. The molecule has 0 aromatic carbocycles. The molecule has 1 heteroatoms. The van der Waals surface area contributed by atoms with Gasteiger partial charge in [0, 0.05) is 12.1 Å². The highest BCUT2D eigenvalue weighted by atomic mass is 15.0. The monoisotopic (exact) mass is 181 g/mol. The number of hydrogen-bond donors (Lipinski definition) is 1. The molecular weight excluding hydrogens is 158 g/mol. The standard InChI is InChI=1S/C12H23N/c1-2-6-10-9-12(10)13-11-7-4-3-5-8-11/h10-13H,2-9H2,1H3. The molecule has 1 nitrogen and oxygen atoms in total. The topological polar surface area (TPSA) is 12.0 Å². The van der Waals surface area contributed by atoms with Gasteiger partial charge in [-0.3, -0.25) is 0 Å². The zero-order chi connectivity index (χ0) is 9.10. The highest BCUT2D eigenvalue weighted by molar-refractivity contribution is 4.94. The molecule has 1 N–H and O–H groups in total. The third-order valence-electron chi connectivity index (χ3n) is 3.64. The number of rotatable bonds is 4. The van der Waals surface area contributed by atoms with Crippen molar-refractivity contribution in [2.24, 2.45) is 5.92 Å². The maximum Gasteiger partial charge on any atom is 0.0102 e. The van der Waals surface area contributed by atoms with E-state index in [4.69, 9.17) is 0 Å². The van der Waals surface area contributed by atoms with Gasteiger partial charge in [0.05, 0.1) is 0 Å². The van der Waals surface area contributed by atoms with Crippen LogP contribution in [0.5, 0.6) is 0 Å². The lowest BCUT2D eigenvalue weighted by Gasteiger charge is -2.23. The van der Waals surface area contributed by atoms with Crippen LogP contribution in [0.1, 0.15) is 58.3 Å². The van der Waals surface area contributed by atoms with Crippen molar-refractivity contribution < 1.29 is 0 Å². The van der Waals surface area contributed by atoms with Crippen LogP contribution in [0.2, 0.25) is 0 Å². The summed E-state index contributed by atoms with van der Waals surface area (Å²) in [7, 11) is 0. The molecule has 2 rings (SSSR count). The second kappa shape index (κ2) is 4.45. The van der Waals surface area contributed by atoms with Gasteiger partial charge in [0.2, 0.25) is 0 Å². The summed E-state index contributed by atoms with van der Waals surface area (Å²) in [5.41, 5.74) is 0. The molecule has 0 saturated heterocycles. The van der Waals surface area contributed by atoms with Gasteiger partial charge in [0.1, 0.15) is 0 Å². The highest BCUT2D eigenvalue weighted by Gasteiger charge is 2.37. The molecule has 2 aliphatic rings. The van der Waals surface area contributed by atoms with Gasteiger partial charge < -0.3 is 5.32 Å². The van der Waals surface area contributed by atoms with Crippen molar-refractivity contribution in [3.63, 3.8) is 0 Å². The minimum atomic E-state index is 0.876. The third kappa shape index (κ3) is 2.70. The van der Waals surface area contributed by atoms with Crippen LogP contribution in [0.15, 0.2) is 0 Å². The van der Waals surface area contributed by atoms with Crippen molar-refractivity contribution in [3.05, 3.63) is 0 Å². The van der Waals surface area contributed by atoms with E-state index in [0.29, 0.717) is 0 Å². The van der Waals surface area contributed by atoms with E-state index in [0.717, 1.165) is 18.0 Å². The molecule has 2 saturated carbocycles. The van der Waals surface area contributed by atoms with Gasteiger partial charge in [-0.1, -0.05) is 32.6 Å². The van der Waals surface area contributed by atoms with E-state index in [9.17, 15) is 0 Å². The summed E-state index contributed by atoms with van der Waals surface area (Å²) >= 11 is 0. The fraction of sp³-hybridized carbons (Fsp3) is 1.00. The van der Waals surface area contributed by atoms with Crippen LogP contribution in [-0.4, -0.2) is 12.1 Å². The lowest BCUT2D eigenvalue weighted by Crippen LogP contribution is -2.33. The average molecular weight is 181 g/mol. The molecule has 0 aromatic rings. The van der Waals surface area contributed by atoms with Crippen molar-refractivity contribution in [2.45, 2.75) is 70.4 Å². The summed E-state index contributed by atoms with van der Waals surface area (Å²) in [5, 5.41) is 3.83. The molecule has 76 valence electrons. The Bertz CT molecular complexity index is 149. The summed E-state index contributed by atoms with van der Waals surface area (Å²) < 4.78 is 0. The lowest BCUT2D eigenvalue weighted by molar-refractivity contribution is 0.364. The first-order valence-electron chi connectivity index (χ1n) is 6.16. The summed E-state index contributed by atoms with van der Waals surface area (Å²) in [6.45, 7) is 2.30. The van der Waals surface area contributed by atoms with Gasteiger partial charge in [-0.2, -0.15) is 0 Å². The predicted molar refractivity (Wildman–Crippen MR) is 56.8 cm³/mol. The lowest BCUT2D eigenvalue weighted by atomic mass is 9.95. The van der Waals surface area contributed by atoms with E-state index >= 15 is 0 Å². The molecule has 0 aromatic heterocycles. The molecule has 2 fully saturated rings. The first-order valence-corrected chi connectivity index (χ1v) is 6.16. The fourth-order valence-corrected chi connectivity index (χ4v) is 2.71. The summed E-state index contributed by atoms with van der Waals surface area (Å²) in [6.07, 6.45) is 11.6. The maximum absolute atomic E-state index is 3.83. The van der Waals surface area contributed by atoms with E-state index in [1.807, 2.05) is 0 Å². The van der Waals surface area contributed by atoms with E-state index < -0.39 is 0 Å². The SMILES string of the molecule is CCCC1CC1NC1CCCCC1. The van der Waals surface area contributed by atoms with Gasteiger partial charge in [-0.15, -0.1) is 0 Å². The van der Waals surface area contributed by atoms with Crippen molar-refractivity contribution >= 4 is 0 Å². The van der Waals surface area contributed by atoms with E-state index in [2.05, 4.69) is 12.2 Å². The average Bonchev–Trinajstić information content (AvgIpc) is 2.86. The minimum Gasteiger partial charge on any atom is -0.311 e. The smallest absolute Gasteiger partial charge is 0.0102 e. The largest absolute Gasteiger partial charge is 0.311 e. The zero-order valence-electron chi connectivity index (χ0n) is 8.89. The van der Waals surface area contributed by atoms with Crippen molar-refractivity contribution in [2.75, 3.05) is 0 Å². The fourth-order valence-electron chi connectivity index (χ4n) is 2.71. The van der Waals surface area contributed by atoms with Crippen molar-refractivity contribution in [3.8, 4) is 0 Å². The van der Waals surface area contributed by atoms with E-state index in [1.165, 1.54) is 51.4 Å². The first-order chi connectivity index (χ1) is 6.40. The molecule has 13 heavy (non-hydrogen) atoms. The van der Waals surface area contributed by atoms with Gasteiger partial charge in [-0.25, -0.2) is 0 Å². The Labute approximate surface area is 82.3 Å². The molecule has 0 aliphatic heterocycles. The normalized spacial score (nSPS) is 34.8. The van der Waals surface area contributed by atoms with Gasteiger partial charge in [0.15, 0.2) is 0 Å². The van der Waals surface area contributed by atoms with Crippen LogP contribution in [0, 0.1) is 5.92 Å². The van der Waals surface area contributed by atoms with E-state index in [-0.39, 0.29) is 0 Å². The van der Waals surface area contributed by atoms with Crippen LogP contribution in [0.4, 0.5) is 0 Å². The molecule has 0 radical (unpaired) electrons. The minimum absolute atomic E-state index is 0.876. The molecule has 0 spiro atoms. The summed E-state index contributed by atoms with van der Waals surface area (Å²) in [5.74, 6) is 1.03. The Morgan fingerprint density at radius 1 is 1.15 bits per heavy atom. The first kappa shape index (κ1) is 9.51. The summed E-state index contributed by atoms with van der Waals surface area (Å²) in [6, 6.07) is 1.78. The van der Waals surface area contributed by atoms with Crippen LogP contribution in [0.3, 0.4) is 0 Å². The Kier molecular flexibility index (Phi) is 3.26.